The molecule has 0 spiro atoms. The smallest absolute Gasteiger partial charge is 0.317 e. The molecule has 6 heteroatoms. The maximum absolute atomic E-state index is 12.7. The third-order valence-corrected chi connectivity index (χ3v) is 6.56. The summed E-state index contributed by atoms with van der Waals surface area (Å²) in [5.74, 6) is 1.99. The Kier molecular flexibility index (Phi) is 3.48. The van der Waals surface area contributed by atoms with E-state index in [4.69, 9.17) is 4.74 Å². The zero-order valence-corrected chi connectivity index (χ0v) is 14.4. The third kappa shape index (κ3) is 2.27. The molecule has 2 saturated carbocycles. The van der Waals surface area contributed by atoms with Crippen molar-refractivity contribution in [3.8, 4) is 0 Å². The molecule has 1 aliphatic heterocycles. The molecule has 3 heterocycles. The summed E-state index contributed by atoms with van der Waals surface area (Å²) in [5.41, 5.74) is 2.10. The minimum absolute atomic E-state index is 0.0695. The highest BCUT2D eigenvalue weighted by Crippen LogP contribution is 2.55. The number of methoxy groups -OCH3 is 1. The number of carbonyl (C=O) groups is 1. The van der Waals surface area contributed by atoms with E-state index in [0.29, 0.717) is 24.3 Å². The van der Waals surface area contributed by atoms with Gasteiger partial charge in [0.2, 0.25) is 0 Å². The fraction of sp³-hybridized carbons (Fsp3) is 0.579. The Labute approximate surface area is 146 Å². The molecule has 0 aromatic carbocycles. The van der Waals surface area contributed by atoms with Crippen molar-refractivity contribution in [3.05, 3.63) is 30.1 Å². The lowest BCUT2D eigenvalue weighted by molar-refractivity contribution is 0.0190. The van der Waals surface area contributed by atoms with Gasteiger partial charge < -0.3 is 19.9 Å². The number of fused-ring (bicyclic) bond motifs is 2. The van der Waals surface area contributed by atoms with E-state index < -0.39 is 0 Å². The number of hydrogen-bond acceptors (Lipinski definition) is 3. The number of rotatable bonds is 4. The first-order valence-corrected chi connectivity index (χ1v) is 9.24. The summed E-state index contributed by atoms with van der Waals surface area (Å²) >= 11 is 0. The SMILES string of the molecule is CO[C@@H]1[C@H]2C[C@H]3CN(C(=O)NCCc4c[nH]c5ncccc45)[C@@H]1[C@H]3C2. The number of aromatic nitrogens is 2. The maximum Gasteiger partial charge on any atom is 0.317 e. The van der Waals surface area contributed by atoms with Crippen LogP contribution in [0.2, 0.25) is 0 Å². The summed E-state index contributed by atoms with van der Waals surface area (Å²) in [5, 5.41) is 4.25. The van der Waals surface area contributed by atoms with Gasteiger partial charge >= 0.3 is 6.03 Å². The van der Waals surface area contributed by atoms with E-state index in [1.54, 1.807) is 13.3 Å². The summed E-state index contributed by atoms with van der Waals surface area (Å²) < 4.78 is 5.73. The standard InChI is InChI=1S/C19H24N4O2/c1-25-17-12-7-13-10-23(16(17)15(13)8-12)19(24)21-6-4-11-9-22-18-14(11)3-2-5-20-18/h2-3,5,9,12-13,15-17H,4,6-8,10H2,1H3,(H,20,22)(H,21,24)/t12-,13-,15-,16+,17+/m0/s1. The number of nitrogens with one attached hydrogen (secondary N) is 2. The molecule has 2 aromatic rings. The summed E-state index contributed by atoms with van der Waals surface area (Å²) in [6.07, 6.45) is 7.27. The van der Waals surface area contributed by atoms with Crippen LogP contribution >= 0.6 is 0 Å². The van der Waals surface area contributed by atoms with E-state index in [-0.39, 0.29) is 18.2 Å². The second-order valence-corrected chi connectivity index (χ2v) is 7.69. The molecular formula is C19H24N4O2. The van der Waals surface area contributed by atoms with Gasteiger partial charge in [-0.3, -0.25) is 0 Å². The Hall–Kier alpha value is -2.08. The molecule has 2 amide bonds. The highest BCUT2D eigenvalue weighted by atomic mass is 16.5. The molecule has 3 fully saturated rings. The van der Waals surface area contributed by atoms with E-state index >= 15 is 0 Å². The molecule has 5 rings (SSSR count). The Morgan fingerprint density at radius 3 is 3.24 bits per heavy atom. The van der Waals surface area contributed by atoms with Crippen molar-refractivity contribution >= 4 is 17.1 Å². The number of hydrogen-bond donors (Lipinski definition) is 2. The van der Waals surface area contributed by atoms with Crippen molar-refractivity contribution in [1.82, 2.24) is 20.2 Å². The highest BCUT2D eigenvalue weighted by molar-refractivity contribution is 5.79. The molecular weight excluding hydrogens is 316 g/mol. The quantitative estimate of drug-likeness (QED) is 0.896. The van der Waals surface area contributed by atoms with Crippen LogP contribution in [0.1, 0.15) is 18.4 Å². The zero-order valence-electron chi connectivity index (χ0n) is 14.4. The van der Waals surface area contributed by atoms with Crippen LogP contribution in [0.15, 0.2) is 24.5 Å². The van der Waals surface area contributed by atoms with Gasteiger partial charge in [0, 0.05) is 38.0 Å². The number of aromatic amines is 1. The molecule has 0 radical (unpaired) electrons. The number of carbonyl (C=O) groups excluding carboxylic acids is 1. The van der Waals surface area contributed by atoms with E-state index in [9.17, 15) is 4.79 Å². The molecule has 1 saturated heterocycles. The van der Waals surface area contributed by atoms with Gasteiger partial charge in [0.15, 0.2) is 0 Å². The van der Waals surface area contributed by atoms with Crippen LogP contribution < -0.4 is 5.32 Å². The van der Waals surface area contributed by atoms with Crippen LogP contribution in [0.25, 0.3) is 11.0 Å². The normalized spacial score (nSPS) is 32.7. The van der Waals surface area contributed by atoms with Crippen molar-refractivity contribution in [3.63, 3.8) is 0 Å². The number of amides is 2. The zero-order chi connectivity index (χ0) is 17.0. The first-order chi connectivity index (χ1) is 12.3. The number of likely N-dealkylation sites (tertiary alicyclic amines) is 1. The molecule has 5 atom stereocenters. The van der Waals surface area contributed by atoms with E-state index in [1.165, 1.54) is 18.4 Å². The lowest BCUT2D eigenvalue weighted by atomic mass is 9.88. The average Bonchev–Trinajstić information content (AvgIpc) is 3.34. The molecule has 2 aliphatic carbocycles. The van der Waals surface area contributed by atoms with Crippen molar-refractivity contribution in [2.24, 2.45) is 17.8 Å². The maximum atomic E-state index is 12.7. The third-order valence-electron chi connectivity index (χ3n) is 6.56. The Bertz CT molecular complexity index is 802. The van der Waals surface area contributed by atoms with Crippen LogP contribution in [0.3, 0.4) is 0 Å². The van der Waals surface area contributed by atoms with Crippen molar-refractivity contribution < 1.29 is 9.53 Å². The Morgan fingerprint density at radius 2 is 2.36 bits per heavy atom. The first-order valence-electron chi connectivity index (χ1n) is 9.24. The summed E-state index contributed by atoms with van der Waals surface area (Å²) in [7, 11) is 1.79. The summed E-state index contributed by atoms with van der Waals surface area (Å²) in [6.45, 7) is 1.54. The number of ether oxygens (including phenoxy) is 1. The first kappa shape index (κ1) is 15.2. The average molecular weight is 340 g/mol. The lowest BCUT2D eigenvalue weighted by Crippen LogP contribution is -2.48. The van der Waals surface area contributed by atoms with Crippen LogP contribution in [-0.2, 0) is 11.2 Å². The van der Waals surface area contributed by atoms with Gasteiger partial charge in [-0.25, -0.2) is 9.78 Å². The fourth-order valence-corrected chi connectivity index (χ4v) is 5.58. The molecule has 6 nitrogen and oxygen atoms in total. The molecule has 3 aliphatic rings. The van der Waals surface area contributed by atoms with Crippen molar-refractivity contribution in [2.75, 3.05) is 20.2 Å². The molecule has 2 bridgehead atoms. The molecule has 0 unspecified atom stereocenters. The van der Waals surface area contributed by atoms with Gasteiger partial charge in [0.1, 0.15) is 5.65 Å². The number of nitrogens with zero attached hydrogens (tertiary/aromatic N) is 2. The Balaban J connectivity index is 1.23. The van der Waals surface area contributed by atoms with E-state index in [1.807, 2.05) is 17.2 Å². The van der Waals surface area contributed by atoms with E-state index in [0.717, 1.165) is 24.0 Å². The largest absolute Gasteiger partial charge is 0.379 e. The predicted molar refractivity (Wildman–Crippen MR) is 94.2 cm³/mol. The van der Waals surface area contributed by atoms with E-state index in [2.05, 4.69) is 21.4 Å². The van der Waals surface area contributed by atoms with Gasteiger partial charge in [-0.1, -0.05) is 0 Å². The summed E-state index contributed by atoms with van der Waals surface area (Å²) in [4.78, 5) is 22.3. The number of pyridine rings is 1. The van der Waals surface area contributed by atoms with Crippen LogP contribution in [-0.4, -0.2) is 53.2 Å². The second-order valence-electron chi connectivity index (χ2n) is 7.69. The highest BCUT2D eigenvalue weighted by Gasteiger charge is 2.60. The number of urea groups is 1. The molecule has 132 valence electrons. The van der Waals surface area contributed by atoms with Crippen LogP contribution in [0, 0.1) is 17.8 Å². The van der Waals surface area contributed by atoms with Gasteiger partial charge in [-0.15, -0.1) is 0 Å². The topological polar surface area (TPSA) is 70.2 Å². The van der Waals surface area contributed by atoms with Crippen molar-refractivity contribution in [2.45, 2.75) is 31.4 Å². The molecule has 25 heavy (non-hydrogen) atoms. The minimum atomic E-state index is 0.0695. The molecule has 2 aromatic heterocycles. The number of H-pyrrole nitrogens is 1. The van der Waals surface area contributed by atoms with Gasteiger partial charge in [0.25, 0.3) is 0 Å². The Morgan fingerprint density at radius 1 is 1.44 bits per heavy atom. The van der Waals surface area contributed by atoms with Gasteiger partial charge in [-0.2, -0.15) is 0 Å². The monoisotopic (exact) mass is 340 g/mol. The second kappa shape index (κ2) is 5.73. The van der Waals surface area contributed by atoms with Gasteiger partial charge in [-0.05, 0) is 54.7 Å². The van der Waals surface area contributed by atoms with Crippen LogP contribution in [0.4, 0.5) is 4.79 Å². The molecule has 2 N–H and O–H groups in total. The van der Waals surface area contributed by atoms with Crippen LogP contribution in [0.5, 0.6) is 0 Å². The summed E-state index contributed by atoms with van der Waals surface area (Å²) in [6, 6.07) is 4.36. The predicted octanol–water partition coefficient (Wildman–Crippen LogP) is 2.17. The lowest BCUT2D eigenvalue weighted by Gasteiger charge is -2.31. The van der Waals surface area contributed by atoms with Gasteiger partial charge in [0.05, 0.1) is 12.1 Å². The minimum Gasteiger partial charge on any atom is -0.379 e. The van der Waals surface area contributed by atoms with Crippen molar-refractivity contribution in [1.29, 1.82) is 0 Å². The fourth-order valence-electron chi connectivity index (χ4n) is 5.58.